The van der Waals surface area contributed by atoms with Crippen LogP contribution in [0.3, 0.4) is 0 Å². The van der Waals surface area contributed by atoms with Crippen molar-refractivity contribution in [2.75, 3.05) is 6.54 Å². The first-order valence-electron chi connectivity index (χ1n) is 3.03. The Bertz CT molecular complexity index is 122. The molecule has 44 valence electrons. The smallest absolute Gasteiger partial charge is 0.0145 e. The Balaban J connectivity index is 2.28. The van der Waals surface area contributed by atoms with E-state index < -0.39 is 0 Å². The molecular weight excluding hydrogens is 98.1 g/mol. The highest BCUT2D eigenvalue weighted by Gasteiger charge is 1.93. The summed E-state index contributed by atoms with van der Waals surface area (Å²) in [6.45, 7) is 3.15. The minimum atomic E-state index is 1.04. The van der Waals surface area contributed by atoms with E-state index in [1.165, 1.54) is 5.70 Å². The van der Waals surface area contributed by atoms with E-state index in [0.717, 1.165) is 13.0 Å². The molecule has 0 bridgehead atoms. The third-order valence-electron chi connectivity index (χ3n) is 1.18. The van der Waals surface area contributed by atoms with Crippen molar-refractivity contribution in [3.05, 3.63) is 23.9 Å². The van der Waals surface area contributed by atoms with Crippen molar-refractivity contribution in [1.82, 2.24) is 5.32 Å². The fourth-order valence-corrected chi connectivity index (χ4v) is 0.805. The van der Waals surface area contributed by atoms with Gasteiger partial charge in [0.1, 0.15) is 0 Å². The molecule has 0 spiro atoms. The number of rotatable bonds is 2. The molecule has 0 atom stereocenters. The summed E-state index contributed by atoms with van der Waals surface area (Å²) in [5.74, 6) is 0. The van der Waals surface area contributed by atoms with Gasteiger partial charge in [-0.3, -0.25) is 0 Å². The Kier molecular flexibility index (Phi) is 1.73. The van der Waals surface area contributed by atoms with Crippen molar-refractivity contribution < 1.29 is 0 Å². The van der Waals surface area contributed by atoms with E-state index in [0.29, 0.717) is 0 Å². The second kappa shape index (κ2) is 2.55. The summed E-state index contributed by atoms with van der Waals surface area (Å²) in [6, 6.07) is 0. The van der Waals surface area contributed by atoms with Crippen LogP contribution in [0.15, 0.2) is 23.9 Å². The first kappa shape index (κ1) is 5.42. The van der Waals surface area contributed by atoms with Crippen LogP contribution in [-0.2, 0) is 0 Å². The maximum atomic E-state index is 3.24. The first-order chi connectivity index (χ1) is 3.93. The molecule has 0 aromatic rings. The molecule has 0 saturated heterocycles. The summed E-state index contributed by atoms with van der Waals surface area (Å²) in [5, 5.41) is 3.24. The van der Waals surface area contributed by atoms with Crippen LogP contribution in [0, 0.1) is 0 Å². The van der Waals surface area contributed by atoms with Crippen LogP contribution >= 0.6 is 0 Å². The van der Waals surface area contributed by atoms with Gasteiger partial charge in [-0.05, 0) is 13.0 Å². The van der Waals surface area contributed by atoms with Crippen LogP contribution in [0.2, 0.25) is 0 Å². The van der Waals surface area contributed by atoms with Gasteiger partial charge in [0, 0.05) is 18.7 Å². The number of hydrogen-bond acceptors (Lipinski definition) is 1. The first-order valence-corrected chi connectivity index (χ1v) is 3.03. The molecule has 0 saturated carbocycles. The third-order valence-corrected chi connectivity index (χ3v) is 1.18. The van der Waals surface area contributed by atoms with Crippen molar-refractivity contribution in [1.29, 1.82) is 0 Å². The van der Waals surface area contributed by atoms with Gasteiger partial charge in [-0.25, -0.2) is 0 Å². The molecule has 0 radical (unpaired) electrons. The monoisotopic (exact) mass is 109 g/mol. The Labute approximate surface area is 50.1 Å². The molecule has 8 heavy (non-hydrogen) atoms. The SMILES string of the molecule is CCNC1=CC=CC1. The Hall–Kier alpha value is -0.720. The fourth-order valence-electron chi connectivity index (χ4n) is 0.805. The lowest BCUT2D eigenvalue weighted by Gasteiger charge is -1.99. The summed E-state index contributed by atoms with van der Waals surface area (Å²) < 4.78 is 0. The van der Waals surface area contributed by atoms with Gasteiger partial charge in [0.25, 0.3) is 0 Å². The van der Waals surface area contributed by atoms with Crippen LogP contribution < -0.4 is 5.32 Å². The Morgan fingerprint density at radius 3 is 3.12 bits per heavy atom. The molecule has 1 N–H and O–H groups in total. The predicted octanol–water partition coefficient (Wildman–Crippen LogP) is 1.44. The number of allylic oxidation sites excluding steroid dienone is 3. The van der Waals surface area contributed by atoms with E-state index >= 15 is 0 Å². The molecule has 0 unspecified atom stereocenters. The summed E-state index contributed by atoms with van der Waals surface area (Å²) in [5.41, 5.74) is 1.34. The van der Waals surface area contributed by atoms with E-state index in [-0.39, 0.29) is 0 Å². The Morgan fingerprint density at radius 2 is 2.62 bits per heavy atom. The average Bonchev–Trinajstić information content (AvgIpc) is 2.19. The molecule has 1 aliphatic rings. The van der Waals surface area contributed by atoms with Gasteiger partial charge < -0.3 is 5.32 Å². The number of nitrogens with one attached hydrogen (secondary N) is 1. The van der Waals surface area contributed by atoms with Crippen LogP contribution in [0.4, 0.5) is 0 Å². The normalized spacial score (nSPS) is 16.4. The van der Waals surface area contributed by atoms with Gasteiger partial charge in [-0.1, -0.05) is 12.2 Å². The maximum Gasteiger partial charge on any atom is 0.0145 e. The van der Waals surface area contributed by atoms with Gasteiger partial charge in [-0.2, -0.15) is 0 Å². The van der Waals surface area contributed by atoms with Crippen molar-refractivity contribution >= 4 is 0 Å². The summed E-state index contributed by atoms with van der Waals surface area (Å²) in [6.07, 6.45) is 7.44. The molecule has 0 aromatic heterocycles. The molecule has 0 heterocycles. The zero-order valence-electron chi connectivity index (χ0n) is 5.15. The lowest BCUT2D eigenvalue weighted by Crippen LogP contribution is -2.09. The van der Waals surface area contributed by atoms with E-state index in [9.17, 15) is 0 Å². The van der Waals surface area contributed by atoms with Crippen LogP contribution in [0.5, 0.6) is 0 Å². The maximum absolute atomic E-state index is 3.24. The molecule has 1 heteroatoms. The molecule has 1 aliphatic carbocycles. The lowest BCUT2D eigenvalue weighted by molar-refractivity contribution is 0.835. The summed E-state index contributed by atoms with van der Waals surface area (Å²) in [7, 11) is 0. The minimum absolute atomic E-state index is 1.04. The molecule has 0 amide bonds. The second-order valence-electron chi connectivity index (χ2n) is 1.85. The fraction of sp³-hybridized carbons (Fsp3) is 0.429. The third kappa shape index (κ3) is 1.12. The highest BCUT2D eigenvalue weighted by molar-refractivity contribution is 5.21. The van der Waals surface area contributed by atoms with E-state index in [2.05, 4.69) is 30.5 Å². The molecule has 0 aromatic carbocycles. The van der Waals surface area contributed by atoms with Crippen LogP contribution in [-0.4, -0.2) is 6.54 Å². The van der Waals surface area contributed by atoms with Gasteiger partial charge in [-0.15, -0.1) is 0 Å². The summed E-state index contributed by atoms with van der Waals surface area (Å²) >= 11 is 0. The standard InChI is InChI=1S/C7H11N/c1-2-8-7-5-3-4-6-7/h3-5,8H,2,6H2,1H3. The highest BCUT2D eigenvalue weighted by atomic mass is 14.9. The summed E-state index contributed by atoms with van der Waals surface area (Å²) in [4.78, 5) is 0. The topological polar surface area (TPSA) is 12.0 Å². The van der Waals surface area contributed by atoms with Crippen molar-refractivity contribution in [3.63, 3.8) is 0 Å². The average molecular weight is 109 g/mol. The van der Waals surface area contributed by atoms with E-state index in [4.69, 9.17) is 0 Å². The highest BCUT2D eigenvalue weighted by Crippen LogP contribution is 2.04. The lowest BCUT2D eigenvalue weighted by atomic mass is 10.4. The van der Waals surface area contributed by atoms with Crippen molar-refractivity contribution in [3.8, 4) is 0 Å². The largest absolute Gasteiger partial charge is 0.388 e. The van der Waals surface area contributed by atoms with E-state index in [1.54, 1.807) is 0 Å². The predicted molar refractivity (Wildman–Crippen MR) is 35.5 cm³/mol. The quantitative estimate of drug-likeness (QED) is 0.565. The zero-order chi connectivity index (χ0) is 5.82. The minimum Gasteiger partial charge on any atom is -0.388 e. The van der Waals surface area contributed by atoms with Crippen LogP contribution in [0.25, 0.3) is 0 Å². The molecule has 1 rings (SSSR count). The molecule has 1 nitrogen and oxygen atoms in total. The number of hydrogen-bond donors (Lipinski definition) is 1. The van der Waals surface area contributed by atoms with Gasteiger partial charge in [0.05, 0.1) is 0 Å². The zero-order valence-corrected chi connectivity index (χ0v) is 5.15. The molecule has 0 fully saturated rings. The molecular formula is C7H11N. The van der Waals surface area contributed by atoms with E-state index in [1.807, 2.05) is 0 Å². The van der Waals surface area contributed by atoms with Crippen molar-refractivity contribution in [2.45, 2.75) is 13.3 Å². The van der Waals surface area contributed by atoms with Gasteiger partial charge in [0.2, 0.25) is 0 Å². The van der Waals surface area contributed by atoms with Crippen LogP contribution in [0.1, 0.15) is 13.3 Å². The van der Waals surface area contributed by atoms with Crippen molar-refractivity contribution in [2.24, 2.45) is 0 Å². The molecule has 0 aliphatic heterocycles. The van der Waals surface area contributed by atoms with Gasteiger partial charge >= 0.3 is 0 Å². The van der Waals surface area contributed by atoms with Gasteiger partial charge in [0.15, 0.2) is 0 Å². The Morgan fingerprint density at radius 1 is 1.75 bits per heavy atom. The second-order valence-corrected chi connectivity index (χ2v) is 1.85.